The number of carbonyl (C=O) groups is 1. The van der Waals surface area contributed by atoms with E-state index in [-0.39, 0.29) is 6.03 Å². The molecule has 2 aliphatic heterocycles. The zero-order chi connectivity index (χ0) is 14.7. The minimum absolute atomic E-state index is 0.326. The lowest BCUT2D eigenvalue weighted by Gasteiger charge is -2.43. The van der Waals surface area contributed by atoms with Crippen LogP contribution in [-0.2, 0) is 0 Å². The Morgan fingerprint density at radius 3 is 2.75 bits per heavy atom. The summed E-state index contributed by atoms with van der Waals surface area (Å²) in [6.45, 7) is 3.75. The number of aliphatic hydroxyl groups is 3. The second-order valence-corrected chi connectivity index (χ2v) is 5.68. The Balaban J connectivity index is 1.88. The van der Waals surface area contributed by atoms with Crippen molar-refractivity contribution < 1.29 is 20.1 Å². The normalized spacial score (nSPS) is 37.5. The number of piperidine rings is 1. The van der Waals surface area contributed by atoms with Gasteiger partial charge < -0.3 is 26.0 Å². The summed E-state index contributed by atoms with van der Waals surface area (Å²) in [5, 5.41) is 35.4. The molecule has 0 spiro atoms. The molecule has 7 heteroatoms. The third-order valence-corrected chi connectivity index (χ3v) is 4.20. The highest BCUT2D eigenvalue weighted by atomic mass is 16.3. The number of unbranched alkanes of at least 4 members (excludes halogenated alkanes) is 1. The molecule has 0 aromatic heterocycles. The summed E-state index contributed by atoms with van der Waals surface area (Å²) in [6, 6.07) is -1.27. The minimum Gasteiger partial charge on any atom is -0.391 e. The van der Waals surface area contributed by atoms with Gasteiger partial charge >= 0.3 is 6.03 Å². The van der Waals surface area contributed by atoms with Gasteiger partial charge in [-0.1, -0.05) is 13.3 Å². The van der Waals surface area contributed by atoms with Crippen molar-refractivity contribution in [3.8, 4) is 0 Å². The molecule has 0 aromatic rings. The maximum Gasteiger partial charge on any atom is 0.315 e. The van der Waals surface area contributed by atoms with Crippen molar-refractivity contribution in [3.05, 3.63) is 0 Å². The van der Waals surface area contributed by atoms with Crippen molar-refractivity contribution in [1.82, 2.24) is 15.5 Å². The van der Waals surface area contributed by atoms with E-state index in [0.717, 1.165) is 12.8 Å². The molecule has 2 aliphatic rings. The smallest absolute Gasteiger partial charge is 0.315 e. The van der Waals surface area contributed by atoms with Crippen molar-refractivity contribution in [2.75, 3.05) is 19.6 Å². The van der Waals surface area contributed by atoms with Gasteiger partial charge in [-0.05, 0) is 12.8 Å². The van der Waals surface area contributed by atoms with E-state index in [1.165, 1.54) is 0 Å². The minimum atomic E-state index is -1.05. The maximum absolute atomic E-state index is 11.7. The molecule has 0 aliphatic carbocycles. The zero-order valence-corrected chi connectivity index (χ0v) is 11.8. The molecule has 0 radical (unpaired) electrons. The van der Waals surface area contributed by atoms with Crippen molar-refractivity contribution in [1.29, 1.82) is 0 Å². The molecule has 20 heavy (non-hydrogen) atoms. The summed E-state index contributed by atoms with van der Waals surface area (Å²) in [6.07, 6.45) is -0.214. The van der Waals surface area contributed by atoms with Crippen LogP contribution in [0, 0.1) is 0 Å². The first-order valence-electron chi connectivity index (χ1n) is 7.37. The van der Waals surface area contributed by atoms with Gasteiger partial charge in [0, 0.05) is 19.6 Å². The lowest BCUT2D eigenvalue weighted by Crippen LogP contribution is -2.66. The first-order chi connectivity index (χ1) is 9.54. The number of carbonyl (C=O) groups excluding carboxylic acids is 1. The zero-order valence-electron chi connectivity index (χ0n) is 11.8. The highest BCUT2D eigenvalue weighted by Crippen LogP contribution is 2.28. The highest BCUT2D eigenvalue weighted by Gasteiger charge is 2.48. The Hall–Kier alpha value is -0.890. The van der Waals surface area contributed by atoms with E-state index in [1.807, 2.05) is 11.8 Å². The third-order valence-electron chi connectivity index (χ3n) is 4.20. The van der Waals surface area contributed by atoms with Crippen LogP contribution in [0.25, 0.3) is 0 Å². The Morgan fingerprint density at radius 2 is 2.05 bits per heavy atom. The molecular formula is C13H25N3O4. The van der Waals surface area contributed by atoms with Gasteiger partial charge in [0.05, 0.1) is 24.3 Å². The average molecular weight is 287 g/mol. The number of nitrogens with zero attached hydrogens (tertiary/aromatic N) is 1. The van der Waals surface area contributed by atoms with E-state index < -0.39 is 30.4 Å². The number of fused-ring (bicyclic) bond motifs is 1. The first kappa shape index (κ1) is 15.5. The van der Waals surface area contributed by atoms with E-state index in [9.17, 15) is 20.1 Å². The molecule has 0 aromatic carbocycles. The van der Waals surface area contributed by atoms with E-state index in [0.29, 0.717) is 26.1 Å². The van der Waals surface area contributed by atoms with E-state index in [1.54, 1.807) is 0 Å². The van der Waals surface area contributed by atoms with Gasteiger partial charge in [-0.3, -0.25) is 4.90 Å². The first-order valence-corrected chi connectivity index (χ1v) is 7.37. The third kappa shape index (κ3) is 3.22. The molecule has 1 unspecified atom stereocenters. The second kappa shape index (κ2) is 6.71. The average Bonchev–Trinajstić information content (AvgIpc) is 2.77. The van der Waals surface area contributed by atoms with Crippen LogP contribution in [0.2, 0.25) is 0 Å². The molecule has 5 atom stereocenters. The number of nitrogens with one attached hydrogen (secondary N) is 2. The van der Waals surface area contributed by atoms with Gasteiger partial charge in [0.15, 0.2) is 0 Å². The monoisotopic (exact) mass is 287 g/mol. The fourth-order valence-electron chi connectivity index (χ4n) is 3.05. The van der Waals surface area contributed by atoms with E-state index >= 15 is 0 Å². The van der Waals surface area contributed by atoms with Gasteiger partial charge in [0.1, 0.15) is 6.10 Å². The maximum atomic E-state index is 11.7. The van der Waals surface area contributed by atoms with Crippen molar-refractivity contribution in [3.63, 3.8) is 0 Å². The second-order valence-electron chi connectivity index (χ2n) is 5.68. The summed E-state index contributed by atoms with van der Waals surface area (Å²) in [4.78, 5) is 13.6. The Morgan fingerprint density at radius 1 is 1.30 bits per heavy atom. The van der Waals surface area contributed by atoms with Crippen molar-refractivity contribution in [2.45, 2.75) is 56.6 Å². The molecule has 2 saturated heterocycles. The number of hydrogen-bond donors (Lipinski definition) is 5. The van der Waals surface area contributed by atoms with Crippen LogP contribution in [0.15, 0.2) is 0 Å². The van der Waals surface area contributed by atoms with Gasteiger partial charge in [-0.25, -0.2) is 4.79 Å². The van der Waals surface area contributed by atoms with Crippen LogP contribution < -0.4 is 10.6 Å². The summed E-state index contributed by atoms with van der Waals surface area (Å²) < 4.78 is 0. The van der Waals surface area contributed by atoms with Crippen molar-refractivity contribution >= 4 is 6.03 Å². The van der Waals surface area contributed by atoms with Crippen LogP contribution in [0.1, 0.15) is 26.2 Å². The molecule has 7 nitrogen and oxygen atoms in total. The molecule has 2 amide bonds. The van der Waals surface area contributed by atoms with Crippen LogP contribution in [0.4, 0.5) is 4.79 Å². The van der Waals surface area contributed by atoms with Crippen LogP contribution >= 0.6 is 0 Å². The fourth-order valence-corrected chi connectivity index (χ4v) is 3.05. The SMILES string of the molecule is CCCCNC(=O)N[C@H]1CN2CC[C@H](O)C2[C@@H](O)[C@@H]1O. The molecule has 116 valence electrons. The van der Waals surface area contributed by atoms with Crippen LogP contribution in [-0.4, -0.2) is 76.3 Å². The molecule has 2 rings (SSSR count). The summed E-state index contributed by atoms with van der Waals surface area (Å²) in [5.74, 6) is 0. The topological polar surface area (TPSA) is 105 Å². The Kier molecular flexibility index (Phi) is 5.20. The highest BCUT2D eigenvalue weighted by molar-refractivity contribution is 5.74. The number of amides is 2. The Labute approximate surface area is 119 Å². The van der Waals surface area contributed by atoms with Gasteiger partial charge in [-0.15, -0.1) is 0 Å². The predicted octanol–water partition coefficient (Wildman–Crippen LogP) is -1.38. The van der Waals surface area contributed by atoms with Crippen LogP contribution in [0.3, 0.4) is 0 Å². The molecule has 2 heterocycles. The quantitative estimate of drug-likeness (QED) is 0.410. The number of urea groups is 1. The number of hydrogen-bond acceptors (Lipinski definition) is 5. The standard InChI is InChI=1S/C13H25N3O4/c1-2-3-5-14-13(20)15-8-7-16-6-4-9(17)10(16)12(19)11(8)18/h8-12,17-19H,2-7H2,1H3,(H2,14,15,20)/t8-,9-,10?,11+,12+/m0/s1. The van der Waals surface area contributed by atoms with Crippen molar-refractivity contribution in [2.24, 2.45) is 0 Å². The molecule has 2 fully saturated rings. The van der Waals surface area contributed by atoms with E-state index in [4.69, 9.17) is 0 Å². The predicted molar refractivity (Wildman–Crippen MR) is 73.2 cm³/mol. The summed E-state index contributed by atoms with van der Waals surface area (Å²) in [5.41, 5.74) is 0. The lowest BCUT2D eigenvalue weighted by atomic mass is 9.91. The number of rotatable bonds is 4. The van der Waals surface area contributed by atoms with Crippen LogP contribution in [0.5, 0.6) is 0 Å². The molecule has 5 N–H and O–H groups in total. The largest absolute Gasteiger partial charge is 0.391 e. The summed E-state index contributed by atoms with van der Waals surface area (Å²) in [7, 11) is 0. The fraction of sp³-hybridized carbons (Fsp3) is 0.923. The van der Waals surface area contributed by atoms with Gasteiger partial charge in [-0.2, -0.15) is 0 Å². The van der Waals surface area contributed by atoms with Gasteiger partial charge in [0.2, 0.25) is 0 Å². The lowest BCUT2D eigenvalue weighted by molar-refractivity contribution is -0.0992. The molecular weight excluding hydrogens is 262 g/mol. The molecule has 0 saturated carbocycles. The molecule has 0 bridgehead atoms. The summed E-state index contributed by atoms with van der Waals surface area (Å²) >= 11 is 0. The Bertz CT molecular complexity index is 342. The van der Waals surface area contributed by atoms with Gasteiger partial charge in [0.25, 0.3) is 0 Å². The van der Waals surface area contributed by atoms with E-state index in [2.05, 4.69) is 10.6 Å². The number of aliphatic hydroxyl groups excluding tert-OH is 3.